The number of rotatable bonds is 2. The fraction of sp³-hybridized carbons (Fsp3) is 0.889. The van der Waals surface area contributed by atoms with Crippen molar-refractivity contribution in [3.8, 4) is 0 Å². The first-order valence-corrected chi connectivity index (χ1v) is 4.88. The van der Waals surface area contributed by atoms with E-state index in [2.05, 4.69) is 0 Å². The lowest BCUT2D eigenvalue weighted by atomic mass is 9.98. The van der Waals surface area contributed by atoms with Gasteiger partial charge in [-0.3, -0.25) is 4.79 Å². The Bertz CT molecular complexity index is 222. The summed E-state index contributed by atoms with van der Waals surface area (Å²) in [4.78, 5) is 12.4. The molecule has 0 saturated carbocycles. The average molecular weight is 225 g/mol. The minimum atomic E-state index is -4.43. The van der Waals surface area contributed by atoms with Crippen molar-refractivity contribution >= 4 is 5.91 Å². The smallest absolute Gasteiger partial charge is 0.396 e. The van der Waals surface area contributed by atoms with Crippen LogP contribution in [0.25, 0.3) is 0 Å². The van der Waals surface area contributed by atoms with Gasteiger partial charge in [-0.05, 0) is 18.8 Å². The molecule has 88 valence electrons. The second-order valence-electron chi connectivity index (χ2n) is 3.80. The number of hydrogen-bond acceptors (Lipinski definition) is 2. The fourth-order valence-corrected chi connectivity index (χ4v) is 1.65. The molecule has 1 N–H and O–H groups in total. The first-order chi connectivity index (χ1) is 6.92. The molecule has 1 rings (SSSR count). The second-order valence-corrected chi connectivity index (χ2v) is 3.80. The number of piperidine rings is 1. The maximum absolute atomic E-state index is 11.9. The summed E-state index contributed by atoms with van der Waals surface area (Å²) in [7, 11) is 0. The van der Waals surface area contributed by atoms with Crippen LogP contribution in [0, 0.1) is 5.92 Å². The zero-order valence-corrected chi connectivity index (χ0v) is 8.26. The molecule has 1 heterocycles. The van der Waals surface area contributed by atoms with Gasteiger partial charge in [-0.15, -0.1) is 0 Å². The molecule has 1 fully saturated rings. The first-order valence-electron chi connectivity index (χ1n) is 4.88. The van der Waals surface area contributed by atoms with Crippen LogP contribution in [0.3, 0.4) is 0 Å². The molecular weight excluding hydrogens is 211 g/mol. The number of nitrogens with zero attached hydrogens (tertiary/aromatic N) is 1. The summed E-state index contributed by atoms with van der Waals surface area (Å²) in [5.74, 6) is -0.737. The third-order valence-corrected chi connectivity index (χ3v) is 2.58. The van der Waals surface area contributed by atoms with Gasteiger partial charge in [0.05, 0.1) is 0 Å². The molecule has 0 spiro atoms. The summed E-state index contributed by atoms with van der Waals surface area (Å²) in [5.41, 5.74) is 0. The van der Waals surface area contributed by atoms with Gasteiger partial charge in [0.25, 0.3) is 0 Å². The van der Waals surface area contributed by atoms with Crippen LogP contribution in [-0.2, 0) is 4.79 Å². The van der Waals surface area contributed by atoms with Gasteiger partial charge in [-0.1, -0.05) is 0 Å². The van der Waals surface area contributed by atoms with E-state index in [0.717, 1.165) is 0 Å². The van der Waals surface area contributed by atoms with Crippen molar-refractivity contribution in [2.24, 2.45) is 5.92 Å². The minimum absolute atomic E-state index is 0.0430. The fourth-order valence-electron chi connectivity index (χ4n) is 1.65. The van der Waals surface area contributed by atoms with Crippen molar-refractivity contribution in [1.82, 2.24) is 4.90 Å². The Morgan fingerprint density at radius 3 is 2.27 bits per heavy atom. The second kappa shape index (κ2) is 4.83. The average Bonchev–Trinajstić information content (AvgIpc) is 2.15. The lowest BCUT2D eigenvalue weighted by Crippen LogP contribution is -2.40. The number of likely N-dealkylation sites (tertiary alicyclic amines) is 1. The van der Waals surface area contributed by atoms with Crippen LogP contribution >= 0.6 is 0 Å². The molecular formula is C9H14F3NO2. The Hall–Kier alpha value is -0.780. The van der Waals surface area contributed by atoms with Crippen molar-refractivity contribution in [2.75, 3.05) is 19.7 Å². The topological polar surface area (TPSA) is 40.5 Å². The van der Waals surface area contributed by atoms with E-state index in [9.17, 15) is 18.0 Å². The number of amides is 1. The summed E-state index contributed by atoms with van der Waals surface area (Å²) >= 11 is 0. The van der Waals surface area contributed by atoms with Crippen LogP contribution in [0.15, 0.2) is 0 Å². The Kier molecular flexibility index (Phi) is 3.96. The van der Waals surface area contributed by atoms with Gasteiger partial charge in [0.15, 0.2) is 0 Å². The van der Waals surface area contributed by atoms with Crippen LogP contribution < -0.4 is 0 Å². The van der Waals surface area contributed by atoms with E-state index in [1.165, 1.54) is 4.90 Å². The summed E-state index contributed by atoms with van der Waals surface area (Å²) < 4.78 is 35.7. The number of aliphatic hydroxyl groups is 1. The van der Waals surface area contributed by atoms with E-state index in [1.54, 1.807) is 0 Å². The molecule has 0 aliphatic carbocycles. The maximum atomic E-state index is 11.9. The van der Waals surface area contributed by atoms with Crippen molar-refractivity contribution in [2.45, 2.75) is 25.4 Å². The predicted molar refractivity (Wildman–Crippen MR) is 47.1 cm³/mol. The Balaban J connectivity index is 2.37. The van der Waals surface area contributed by atoms with Crippen molar-refractivity contribution in [1.29, 1.82) is 0 Å². The van der Waals surface area contributed by atoms with Gasteiger partial charge in [-0.25, -0.2) is 0 Å². The Morgan fingerprint density at radius 2 is 1.87 bits per heavy atom. The van der Waals surface area contributed by atoms with Gasteiger partial charge >= 0.3 is 6.18 Å². The molecule has 0 atom stereocenters. The van der Waals surface area contributed by atoms with Gasteiger partial charge < -0.3 is 10.0 Å². The van der Waals surface area contributed by atoms with Crippen LogP contribution in [0.1, 0.15) is 19.3 Å². The number of carbonyl (C=O) groups is 1. The van der Waals surface area contributed by atoms with E-state index in [0.29, 0.717) is 25.9 Å². The van der Waals surface area contributed by atoms with Crippen LogP contribution in [0.2, 0.25) is 0 Å². The lowest BCUT2D eigenvalue weighted by Gasteiger charge is -2.31. The highest BCUT2D eigenvalue weighted by Gasteiger charge is 2.34. The molecule has 0 aromatic carbocycles. The zero-order valence-electron chi connectivity index (χ0n) is 8.26. The highest BCUT2D eigenvalue weighted by Crippen LogP contribution is 2.23. The zero-order chi connectivity index (χ0) is 11.5. The molecule has 1 aliphatic heterocycles. The normalized spacial score (nSPS) is 19.3. The Morgan fingerprint density at radius 1 is 1.33 bits per heavy atom. The van der Waals surface area contributed by atoms with Crippen LogP contribution in [0.4, 0.5) is 13.2 Å². The highest BCUT2D eigenvalue weighted by molar-refractivity contribution is 5.76. The molecule has 0 radical (unpaired) electrons. The molecule has 0 aromatic rings. The summed E-state index contributed by atoms with van der Waals surface area (Å²) in [5, 5.41) is 8.82. The molecule has 15 heavy (non-hydrogen) atoms. The van der Waals surface area contributed by atoms with Gasteiger partial charge in [-0.2, -0.15) is 13.2 Å². The number of halogens is 3. The first kappa shape index (κ1) is 12.3. The number of hydrogen-bond donors (Lipinski definition) is 1. The van der Waals surface area contributed by atoms with Gasteiger partial charge in [0.1, 0.15) is 6.42 Å². The van der Waals surface area contributed by atoms with Crippen molar-refractivity contribution in [3.63, 3.8) is 0 Å². The summed E-state index contributed by atoms with van der Waals surface area (Å²) in [6.07, 6.45) is -4.64. The minimum Gasteiger partial charge on any atom is -0.396 e. The molecule has 6 heteroatoms. The van der Waals surface area contributed by atoms with E-state index in [4.69, 9.17) is 5.11 Å². The summed E-state index contributed by atoms with van der Waals surface area (Å²) in [6.45, 7) is 0.682. The number of aliphatic hydroxyl groups excluding tert-OH is 1. The quantitative estimate of drug-likeness (QED) is 0.766. The molecule has 1 saturated heterocycles. The summed E-state index contributed by atoms with van der Waals surface area (Å²) in [6, 6.07) is 0. The molecule has 1 aliphatic rings. The molecule has 1 amide bonds. The largest absolute Gasteiger partial charge is 0.397 e. The highest BCUT2D eigenvalue weighted by atomic mass is 19.4. The predicted octanol–water partition coefficient (Wildman–Crippen LogP) is 1.17. The third-order valence-electron chi connectivity index (χ3n) is 2.58. The molecule has 0 aromatic heterocycles. The molecule has 0 bridgehead atoms. The van der Waals surface area contributed by atoms with Crippen molar-refractivity contribution < 1.29 is 23.1 Å². The Labute approximate surface area is 85.9 Å². The third kappa shape index (κ3) is 4.07. The number of alkyl halides is 3. The van der Waals surface area contributed by atoms with Gasteiger partial charge in [0, 0.05) is 19.7 Å². The standard InChI is InChI=1S/C9H14F3NO2/c10-9(11,12)5-8(15)13-3-1-7(6-14)2-4-13/h7,14H,1-6H2. The lowest BCUT2D eigenvalue weighted by molar-refractivity contribution is -0.162. The van der Waals surface area contributed by atoms with Crippen molar-refractivity contribution in [3.05, 3.63) is 0 Å². The molecule has 0 unspecified atom stereocenters. The van der Waals surface area contributed by atoms with E-state index in [1.807, 2.05) is 0 Å². The SMILES string of the molecule is O=C(CC(F)(F)F)N1CCC(CO)CC1. The molecule has 3 nitrogen and oxygen atoms in total. The van der Waals surface area contributed by atoms with E-state index >= 15 is 0 Å². The van der Waals surface area contributed by atoms with Crippen LogP contribution in [-0.4, -0.2) is 41.8 Å². The van der Waals surface area contributed by atoms with Gasteiger partial charge in [0.2, 0.25) is 5.91 Å². The van der Waals surface area contributed by atoms with E-state index < -0.39 is 18.5 Å². The maximum Gasteiger partial charge on any atom is 0.397 e. The van der Waals surface area contributed by atoms with Crippen LogP contribution in [0.5, 0.6) is 0 Å². The monoisotopic (exact) mass is 225 g/mol. The van der Waals surface area contributed by atoms with E-state index in [-0.39, 0.29) is 12.5 Å². The number of carbonyl (C=O) groups excluding carboxylic acids is 1.